The van der Waals surface area contributed by atoms with Crippen LogP contribution in [0.1, 0.15) is 34.3 Å². The summed E-state index contributed by atoms with van der Waals surface area (Å²) in [6.07, 6.45) is 0.443. The van der Waals surface area contributed by atoms with Gasteiger partial charge in [0.05, 0.1) is 6.54 Å². The van der Waals surface area contributed by atoms with Gasteiger partial charge in [0.25, 0.3) is 0 Å². The summed E-state index contributed by atoms with van der Waals surface area (Å²) in [5.41, 5.74) is 2.90. The number of carbonyl (C=O) groups is 2. The van der Waals surface area contributed by atoms with E-state index in [0.29, 0.717) is 18.7 Å². The third kappa shape index (κ3) is 6.07. The molecule has 0 atom stereocenters. The summed E-state index contributed by atoms with van der Waals surface area (Å²) in [5.74, 6) is 0.751. The molecule has 25 heavy (non-hydrogen) atoms. The van der Waals surface area contributed by atoms with E-state index in [2.05, 4.69) is 0 Å². The predicted molar refractivity (Wildman–Crippen MR) is 99.1 cm³/mol. The Morgan fingerprint density at radius 3 is 2.36 bits per heavy atom. The lowest BCUT2D eigenvalue weighted by Gasteiger charge is -2.17. The minimum Gasteiger partial charge on any atom is -0.492 e. The fourth-order valence-electron chi connectivity index (χ4n) is 2.43. The van der Waals surface area contributed by atoms with Crippen LogP contribution in [0.15, 0.2) is 48.5 Å². The highest BCUT2D eigenvalue weighted by molar-refractivity contribution is 5.97. The van der Waals surface area contributed by atoms with Crippen LogP contribution in [-0.4, -0.2) is 36.8 Å². The van der Waals surface area contributed by atoms with Gasteiger partial charge < -0.3 is 9.64 Å². The van der Waals surface area contributed by atoms with Crippen LogP contribution in [0, 0.1) is 13.8 Å². The number of rotatable bonds is 8. The molecular weight excluding hydrogens is 314 g/mol. The van der Waals surface area contributed by atoms with Crippen molar-refractivity contribution in [1.29, 1.82) is 0 Å². The molecule has 0 aliphatic heterocycles. The van der Waals surface area contributed by atoms with Gasteiger partial charge in [0.1, 0.15) is 12.4 Å². The number of likely N-dealkylation sites (N-methyl/N-ethyl adjacent to an activating group) is 1. The van der Waals surface area contributed by atoms with Crippen molar-refractivity contribution < 1.29 is 14.3 Å². The van der Waals surface area contributed by atoms with Gasteiger partial charge in [-0.2, -0.15) is 0 Å². The molecule has 1 amide bonds. The summed E-state index contributed by atoms with van der Waals surface area (Å²) in [7, 11) is 1.73. The molecule has 0 bridgehead atoms. The average molecular weight is 339 g/mol. The maximum absolute atomic E-state index is 12.1. The molecule has 0 unspecified atom stereocenters. The van der Waals surface area contributed by atoms with Crippen LogP contribution in [0.5, 0.6) is 5.75 Å². The molecule has 0 heterocycles. The molecule has 0 fully saturated rings. The van der Waals surface area contributed by atoms with Crippen molar-refractivity contribution in [2.75, 3.05) is 20.2 Å². The van der Waals surface area contributed by atoms with E-state index in [4.69, 9.17) is 4.74 Å². The zero-order valence-electron chi connectivity index (χ0n) is 15.1. The monoisotopic (exact) mass is 339 g/mol. The lowest BCUT2D eigenvalue weighted by molar-refractivity contribution is -0.130. The van der Waals surface area contributed by atoms with Crippen molar-refractivity contribution in [2.45, 2.75) is 26.7 Å². The number of ether oxygens (including phenoxy) is 1. The zero-order valence-corrected chi connectivity index (χ0v) is 15.1. The number of hydrogen-bond acceptors (Lipinski definition) is 3. The van der Waals surface area contributed by atoms with Crippen LogP contribution < -0.4 is 4.74 Å². The molecule has 0 saturated heterocycles. The molecular formula is C21H25NO3. The first kappa shape index (κ1) is 18.7. The Bertz CT molecular complexity index is 722. The lowest BCUT2D eigenvalue weighted by atomic mass is 10.0. The predicted octanol–water partition coefficient (Wildman–Crippen LogP) is 3.80. The van der Waals surface area contributed by atoms with Crippen molar-refractivity contribution in [1.82, 2.24) is 4.90 Å². The van der Waals surface area contributed by atoms with Crippen LogP contribution in [-0.2, 0) is 4.79 Å². The highest BCUT2D eigenvalue weighted by Gasteiger charge is 2.12. The van der Waals surface area contributed by atoms with Crippen LogP contribution in [0.25, 0.3) is 0 Å². The Balaban J connectivity index is 1.72. The fourth-order valence-corrected chi connectivity index (χ4v) is 2.43. The van der Waals surface area contributed by atoms with E-state index in [1.54, 1.807) is 11.9 Å². The third-order valence-electron chi connectivity index (χ3n) is 4.05. The normalized spacial score (nSPS) is 10.4. The van der Waals surface area contributed by atoms with Crippen LogP contribution in [0.3, 0.4) is 0 Å². The SMILES string of the molecule is Cc1ccc(C(=O)CCC(=O)N(C)CCOc2cccc(C)c2)cc1. The zero-order chi connectivity index (χ0) is 18.2. The Hall–Kier alpha value is -2.62. The van der Waals surface area contributed by atoms with E-state index in [1.807, 2.05) is 62.4 Å². The van der Waals surface area contributed by atoms with E-state index < -0.39 is 0 Å². The van der Waals surface area contributed by atoms with Crippen LogP contribution >= 0.6 is 0 Å². The Morgan fingerprint density at radius 1 is 0.960 bits per heavy atom. The van der Waals surface area contributed by atoms with E-state index in [1.165, 1.54) is 0 Å². The van der Waals surface area contributed by atoms with Crippen molar-refractivity contribution in [3.05, 3.63) is 65.2 Å². The van der Waals surface area contributed by atoms with Gasteiger partial charge in [-0.25, -0.2) is 0 Å². The van der Waals surface area contributed by atoms with E-state index in [0.717, 1.165) is 16.9 Å². The van der Waals surface area contributed by atoms with E-state index in [-0.39, 0.29) is 24.5 Å². The minimum atomic E-state index is -0.0479. The maximum atomic E-state index is 12.1. The molecule has 0 spiro atoms. The molecule has 0 N–H and O–H groups in total. The molecule has 2 rings (SSSR count). The van der Waals surface area contributed by atoms with Crippen molar-refractivity contribution in [3.63, 3.8) is 0 Å². The number of carbonyl (C=O) groups excluding carboxylic acids is 2. The van der Waals surface area contributed by atoms with E-state index in [9.17, 15) is 9.59 Å². The first-order valence-electron chi connectivity index (χ1n) is 8.49. The van der Waals surface area contributed by atoms with Crippen molar-refractivity contribution in [2.24, 2.45) is 0 Å². The Kier molecular flexibility index (Phi) is 6.75. The molecule has 4 heteroatoms. The highest BCUT2D eigenvalue weighted by atomic mass is 16.5. The molecule has 0 aliphatic rings. The number of Topliss-reactive ketones (excluding diaryl/α,β-unsaturated/α-hetero) is 1. The topological polar surface area (TPSA) is 46.6 Å². The highest BCUT2D eigenvalue weighted by Crippen LogP contribution is 2.12. The van der Waals surface area contributed by atoms with Gasteiger partial charge in [0.15, 0.2) is 5.78 Å². The van der Waals surface area contributed by atoms with Gasteiger partial charge in [0, 0.05) is 25.5 Å². The molecule has 0 aliphatic carbocycles. The summed E-state index contributed by atoms with van der Waals surface area (Å²) >= 11 is 0. The summed E-state index contributed by atoms with van der Waals surface area (Å²) in [4.78, 5) is 25.9. The standard InChI is InChI=1S/C21H25NO3/c1-16-7-9-18(10-8-16)20(23)11-12-21(24)22(3)13-14-25-19-6-4-5-17(2)15-19/h4-10,15H,11-14H2,1-3H3. The molecule has 0 radical (unpaired) electrons. The number of benzene rings is 2. The van der Waals surface area contributed by atoms with Gasteiger partial charge in [-0.1, -0.05) is 42.0 Å². The molecule has 0 aromatic heterocycles. The van der Waals surface area contributed by atoms with Gasteiger partial charge in [0.2, 0.25) is 5.91 Å². The second-order valence-electron chi connectivity index (χ2n) is 6.27. The molecule has 132 valence electrons. The minimum absolute atomic E-state index is 0.00207. The van der Waals surface area contributed by atoms with Crippen LogP contribution in [0.2, 0.25) is 0 Å². The van der Waals surface area contributed by atoms with Gasteiger partial charge in [-0.3, -0.25) is 9.59 Å². The fraction of sp³-hybridized carbons (Fsp3) is 0.333. The first-order valence-corrected chi connectivity index (χ1v) is 8.49. The lowest BCUT2D eigenvalue weighted by Crippen LogP contribution is -2.31. The number of nitrogens with zero attached hydrogens (tertiary/aromatic N) is 1. The van der Waals surface area contributed by atoms with Crippen LogP contribution in [0.4, 0.5) is 0 Å². The first-order chi connectivity index (χ1) is 12.0. The van der Waals surface area contributed by atoms with Gasteiger partial charge in [-0.15, -0.1) is 0 Å². The molecule has 0 saturated carbocycles. The largest absolute Gasteiger partial charge is 0.492 e. The molecule has 2 aromatic rings. The van der Waals surface area contributed by atoms with Gasteiger partial charge in [-0.05, 0) is 31.5 Å². The quantitative estimate of drug-likeness (QED) is 0.687. The Morgan fingerprint density at radius 2 is 1.68 bits per heavy atom. The second kappa shape index (κ2) is 9.02. The summed E-state index contributed by atoms with van der Waals surface area (Å²) in [6, 6.07) is 15.2. The summed E-state index contributed by atoms with van der Waals surface area (Å²) in [6.45, 7) is 4.91. The Labute approximate surface area is 149 Å². The molecule has 2 aromatic carbocycles. The second-order valence-corrected chi connectivity index (χ2v) is 6.27. The number of ketones is 1. The smallest absolute Gasteiger partial charge is 0.222 e. The third-order valence-corrected chi connectivity index (χ3v) is 4.05. The van der Waals surface area contributed by atoms with Gasteiger partial charge >= 0.3 is 0 Å². The maximum Gasteiger partial charge on any atom is 0.222 e. The number of hydrogen-bond donors (Lipinski definition) is 0. The number of aryl methyl sites for hydroxylation is 2. The number of amides is 1. The average Bonchev–Trinajstić information content (AvgIpc) is 2.60. The van der Waals surface area contributed by atoms with Crippen molar-refractivity contribution in [3.8, 4) is 5.75 Å². The van der Waals surface area contributed by atoms with E-state index >= 15 is 0 Å². The molecule has 4 nitrogen and oxygen atoms in total. The summed E-state index contributed by atoms with van der Waals surface area (Å²) in [5, 5.41) is 0. The summed E-state index contributed by atoms with van der Waals surface area (Å²) < 4.78 is 5.65. The van der Waals surface area contributed by atoms with Crippen molar-refractivity contribution >= 4 is 11.7 Å².